The lowest BCUT2D eigenvalue weighted by atomic mass is 10.2. The van der Waals surface area contributed by atoms with Crippen LogP contribution in [0.2, 0.25) is 0 Å². The predicted octanol–water partition coefficient (Wildman–Crippen LogP) is 2.03. The number of nitrogens with zero attached hydrogens (tertiary/aromatic N) is 1. The highest BCUT2D eigenvalue weighted by molar-refractivity contribution is 6.05. The van der Waals surface area contributed by atoms with Crippen molar-refractivity contribution < 1.29 is 9.21 Å². The molecule has 0 aliphatic heterocycles. The molecule has 0 radical (unpaired) electrons. The highest BCUT2D eigenvalue weighted by atomic mass is 16.3. The molecule has 2 heterocycles. The SMILES string of the molecule is CC(=O)c1coc2ccncc12. The fourth-order valence-electron chi connectivity index (χ4n) is 1.15. The van der Waals surface area contributed by atoms with Crippen molar-refractivity contribution in [3.8, 4) is 0 Å². The molecule has 2 rings (SSSR count). The molecular formula is C9H7NO2. The molecule has 3 nitrogen and oxygen atoms in total. The number of pyridine rings is 1. The Labute approximate surface area is 69.0 Å². The van der Waals surface area contributed by atoms with Gasteiger partial charge in [0.15, 0.2) is 5.78 Å². The monoisotopic (exact) mass is 161 g/mol. The first-order valence-corrected chi connectivity index (χ1v) is 3.61. The van der Waals surface area contributed by atoms with Crippen LogP contribution < -0.4 is 0 Å². The second kappa shape index (κ2) is 2.44. The molecule has 0 spiro atoms. The van der Waals surface area contributed by atoms with Gasteiger partial charge in [-0.15, -0.1) is 0 Å². The molecule has 3 heteroatoms. The van der Waals surface area contributed by atoms with Crippen LogP contribution in [0.15, 0.2) is 29.1 Å². The molecule has 2 aromatic rings. The molecule has 0 atom stereocenters. The van der Waals surface area contributed by atoms with Gasteiger partial charge in [0.05, 0.1) is 5.56 Å². The molecule has 60 valence electrons. The fourth-order valence-corrected chi connectivity index (χ4v) is 1.15. The molecule has 0 N–H and O–H groups in total. The molecule has 12 heavy (non-hydrogen) atoms. The van der Waals surface area contributed by atoms with E-state index in [2.05, 4.69) is 4.98 Å². The quantitative estimate of drug-likeness (QED) is 0.601. The highest BCUT2D eigenvalue weighted by Crippen LogP contribution is 2.19. The number of carbonyl (C=O) groups is 1. The Balaban J connectivity index is 2.79. The molecule has 0 fully saturated rings. The maximum atomic E-state index is 11.0. The van der Waals surface area contributed by atoms with Gasteiger partial charge < -0.3 is 4.42 Å². The van der Waals surface area contributed by atoms with E-state index in [-0.39, 0.29) is 5.78 Å². The minimum atomic E-state index is 0.00162. The van der Waals surface area contributed by atoms with Crippen LogP contribution in [0.4, 0.5) is 0 Å². The maximum absolute atomic E-state index is 11.0. The number of aromatic nitrogens is 1. The molecule has 0 aromatic carbocycles. The van der Waals surface area contributed by atoms with Gasteiger partial charge in [0.1, 0.15) is 11.8 Å². The highest BCUT2D eigenvalue weighted by Gasteiger charge is 2.08. The third kappa shape index (κ3) is 0.906. The molecule has 0 aliphatic carbocycles. The lowest BCUT2D eigenvalue weighted by molar-refractivity contribution is 0.101. The normalized spacial score (nSPS) is 10.4. The number of fused-ring (bicyclic) bond motifs is 1. The molecule has 0 bridgehead atoms. The van der Waals surface area contributed by atoms with Crippen molar-refractivity contribution in [2.75, 3.05) is 0 Å². The fraction of sp³-hybridized carbons (Fsp3) is 0.111. The van der Waals surface area contributed by atoms with Gasteiger partial charge in [-0.25, -0.2) is 0 Å². The molecule has 0 saturated heterocycles. The average Bonchev–Trinajstić information content (AvgIpc) is 2.47. The molecule has 0 amide bonds. The van der Waals surface area contributed by atoms with Crippen LogP contribution in [-0.2, 0) is 0 Å². The largest absolute Gasteiger partial charge is 0.463 e. The topological polar surface area (TPSA) is 43.1 Å². The van der Waals surface area contributed by atoms with Gasteiger partial charge in [0, 0.05) is 17.8 Å². The summed E-state index contributed by atoms with van der Waals surface area (Å²) in [5.41, 5.74) is 1.30. The summed E-state index contributed by atoms with van der Waals surface area (Å²) < 4.78 is 5.15. The Morgan fingerprint density at radius 2 is 2.42 bits per heavy atom. The van der Waals surface area contributed by atoms with Crippen molar-refractivity contribution >= 4 is 16.8 Å². The second-order valence-electron chi connectivity index (χ2n) is 2.58. The van der Waals surface area contributed by atoms with Crippen molar-refractivity contribution in [2.24, 2.45) is 0 Å². The molecule has 2 aromatic heterocycles. The Hall–Kier alpha value is -1.64. The van der Waals surface area contributed by atoms with Crippen LogP contribution in [-0.4, -0.2) is 10.8 Å². The van der Waals surface area contributed by atoms with Crippen molar-refractivity contribution in [3.63, 3.8) is 0 Å². The van der Waals surface area contributed by atoms with Gasteiger partial charge in [-0.1, -0.05) is 0 Å². The Bertz CT molecular complexity index is 431. The van der Waals surface area contributed by atoms with Gasteiger partial charge >= 0.3 is 0 Å². The van der Waals surface area contributed by atoms with E-state index in [1.54, 1.807) is 18.5 Å². The van der Waals surface area contributed by atoms with E-state index < -0.39 is 0 Å². The van der Waals surface area contributed by atoms with Gasteiger partial charge in [0.25, 0.3) is 0 Å². The van der Waals surface area contributed by atoms with Crippen LogP contribution in [0.3, 0.4) is 0 Å². The smallest absolute Gasteiger partial charge is 0.163 e. The number of Topliss-reactive ketones (excluding diaryl/α,β-unsaturated/α-hetero) is 1. The van der Waals surface area contributed by atoms with Crippen molar-refractivity contribution in [1.29, 1.82) is 0 Å². The van der Waals surface area contributed by atoms with Gasteiger partial charge in [-0.05, 0) is 13.0 Å². The van der Waals surface area contributed by atoms with Crippen LogP contribution >= 0.6 is 0 Å². The maximum Gasteiger partial charge on any atom is 0.163 e. The first-order valence-electron chi connectivity index (χ1n) is 3.61. The third-order valence-corrected chi connectivity index (χ3v) is 1.75. The number of carbonyl (C=O) groups excluding carboxylic acids is 1. The van der Waals surface area contributed by atoms with Crippen molar-refractivity contribution in [1.82, 2.24) is 4.98 Å². The number of furan rings is 1. The summed E-state index contributed by atoms with van der Waals surface area (Å²) in [5, 5.41) is 0.782. The summed E-state index contributed by atoms with van der Waals surface area (Å²) in [6, 6.07) is 1.74. The van der Waals surface area contributed by atoms with Gasteiger partial charge in [0.2, 0.25) is 0 Å². The van der Waals surface area contributed by atoms with Crippen LogP contribution in [0.5, 0.6) is 0 Å². The van der Waals surface area contributed by atoms with Crippen LogP contribution in [0.25, 0.3) is 11.0 Å². The van der Waals surface area contributed by atoms with E-state index in [0.29, 0.717) is 11.1 Å². The van der Waals surface area contributed by atoms with E-state index in [0.717, 1.165) is 5.39 Å². The molecule has 0 saturated carbocycles. The van der Waals surface area contributed by atoms with Gasteiger partial charge in [-0.2, -0.15) is 0 Å². The number of rotatable bonds is 1. The standard InChI is InChI=1S/C9H7NO2/c1-6(11)8-5-12-9-2-3-10-4-7(8)9/h2-5H,1H3. The van der Waals surface area contributed by atoms with E-state index in [4.69, 9.17) is 4.42 Å². The van der Waals surface area contributed by atoms with Crippen LogP contribution in [0.1, 0.15) is 17.3 Å². The lowest BCUT2D eigenvalue weighted by Gasteiger charge is -1.87. The van der Waals surface area contributed by atoms with E-state index >= 15 is 0 Å². The first kappa shape index (κ1) is 7.03. The zero-order valence-electron chi connectivity index (χ0n) is 6.57. The zero-order chi connectivity index (χ0) is 8.55. The molecule has 0 aliphatic rings. The summed E-state index contributed by atoms with van der Waals surface area (Å²) in [6.45, 7) is 1.51. The average molecular weight is 161 g/mol. The van der Waals surface area contributed by atoms with Gasteiger partial charge in [-0.3, -0.25) is 9.78 Å². The summed E-state index contributed by atoms with van der Waals surface area (Å²) in [5.74, 6) is 0.00162. The van der Waals surface area contributed by atoms with Crippen molar-refractivity contribution in [2.45, 2.75) is 6.92 Å². The summed E-state index contributed by atoms with van der Waals surface area (Å²) in [4.78, 5) is 14.9. The van der Waals surface area contributed by atoms with E-state index in [1.165, 1.54) is 13.2 Å². The minimum Gasteiger partial charge on any atom is -0.463 e. The predicted molar refractivity (Wildman–Crippen MR) is 44.0 cm³/mol. The summed E-state index contributed by atoms with van der Waals surface area (Å²) in [6.07, 6.45) is 4.74. The number of hydrogen-bond donors (Lipinski definition) is 0. The number of hydrogen-bond acceptors (Lipinski definition) is 3. The van der Waals surface area contributed by atoms with Crippen molar-refractivity contribution in [3.05, 3.63) is 30.3 Å². The molecular weight excluding hydrogens is 154 g/mol. The Kier molecular flexibility index (Phi) is 1.43. The first-order chi connectivity index (χ1) is 5.79. The number of ketones is 1. The summed E-state index contributed by atoms with van der Waals surface area (Å²) in [7, 11) is 0. The second-order valence-corrected chi connectivity index (χ2v) is 2.58. The van der Waals surface area contributed by atoms with E-state index in [1.807, 2.05) is 0 Å². The van der Waals surface area contributed by atoms with E-state index in [9.17, 15) is 4.79 Å². The zero-order valence-corrected chi connectivity index (χ0v) is 6.57. The minimum absolute atomic E-state index is 0.00162. The Morgan fingerprint density at radius 3 is 3.17 bits per heavy atom. The Morgan fingerprint density at radius 1 is 1.58 bits per heavy atom. The molecule has 0 unspecified atom stereocenters. The van der Waals surface area contributed by atoms with Crippen LogP contribution in [0, 0.1) is 0 Å². The lowest BCUT2D eigenvalue weighted by Crippen LogP contribution is -1.88. The third-order valence-electron chi connectivity index (χ3n) is 1.75. The summed E-state index contributed by atoms with van der Waals surface area (Å²) >= 11 is 0.